The van der Waals surface area contributed by atoms with Crippen LogP contribution in [0.5, 0.6) is 11.5 Å². The fraction of sp³-hybridized carbons (Fsp3) is 0.435. The molecule has 162 valence electrons. The molecule has 0 amide bonds. The molecule has 0 spiro atoms. The monoisotopic (exact) mass is 431 g/mol. The van der Waals surface area contributed by atoms with Crippen LogP contribution in [0, 0.1) is 0 Å². The lowest BCUT2D eigenvalue weighted by molar-refractivity contribution is 0.335. The van der Waals surface area contributed by atoms with Crippen molar-refractivity contribution in [3.63, 3.8) is 0 Å². The second-order valence-electron chi connectivity index (χ2n) is 7.32. The van der Waals surface area contributed by atoms with E-state index in [1.165, 1.54) is 5.56 Å². The average Bonchev–Trinajstić information content (AvgIpc) is 3.17. The van der Waals surface area contributed by atoms with Crippen molar-refractivity contribution in [1.82, 2.24) is 10.3 Å². The summed E-state index contributed by atoms with van der Waals surface area (Å²) in [6, 6.07) is 10.3. The van der Waals surface area contributed by atoms with Gasteiger partial charge in [-0.1, -0.05) is 0 Å². The highest BCUT2D eigenvalue weighted by Crippen LogP contribution is 2.30. The molecule has 1 N–H and O–H groups in total. The first kappa shape index (κ1) is 22.2. The number of ether oxygens (including phenoxy) is 2. The lowest BCUT2D eigenvalue weighted by Crippen LogP contribution is -2.51. The number of aromatic nitrogens is 1. The maximum Gasteiger partial charge on any atom is 0.171 e. The minimum atomic E-state index is 0. The van der Waals surface area contributed by atoms with Gasteiger partial charge in [0.25, 0.3) is 0 Å². The smallest absolute Gasteiger partial charge is 0.171 e. The number of fused-ring (bicyclic) bond motifs is 1. The summed E-state index contributed by atoms with van der Waals surface area (Å²) in [6.45, 7) is 5.52. The molecule has 3 aromatic rings. The zero-order valence-electron chi connectivity index (χ0n) is 17.6. The summed E-state index contributed by atoms with van der Waals surface area (Å²) in [4.78, 5) is 7.03. The molecule has 30 heavy (non-hydrogen) atoms. The van der Waals surface area contributed by atoms with E-state index in [0.717, 1.165) is 67.2 Å². The highest BCUT2D eigenvalue weighted by molar-refractivity contribution is 5.85. The van der Waals surface area contributed by atoms with Crippen LogP contribution in [-0.2, 0) is 6.42 Å². The topological polar surface area (TPSA) is 59.8 Å². The number of halogens is 1. The van der Waals surface area contributed by atoms with Crippen LogP contribution in [0.25, 0.3) is 11.0 Å². The summed E-state index contributed by atoms with van der Waals surface area (Å²) in [5.41, 5.74) is 2.15. The molecule has 0 aliphatic carbocycles. The van der Waals surface area contributed by atoms with Gasteiger partial charge in [-0.05, 0) is 62.1 Å². The van der Waals surface area contributed by atoms with E-state index in [-0.39, 0.29) is 12.4 Å². The lowest BCUT2D eigenvalue weighted by Gasteiger charge is -2.37. The molecule has 0 saturated carbocycles. The van der Waals surface area contributed by atoms with Crippen LogP contribution in [0.4, 0.5) is 5.82 Å². The second-order valence-corrected chi connectivity index (χ2v) is 7.32. The number of methoxy groups -OCH3 is 1. The predicted molar refractivity (Wildman–Crippen MR) is 122 cm³/mol. The van der Waals surface area contributed by atoms with Gasteiger partial charge in [0.2, 0.25) is 0 Å². The molecular weight excluding hydrogens is 402 g/mol. The van der Waals surface area contributed by atoms with Gasteiger partial charge in [0.15, 0.2) is 11.6 Å². The normalized spacial score (nSPS) is 16.3. The number of nitrogens with one attached hydrogen (secondary N) is 1. The number of rotatable bonds is 8. The van der Waals surface area contributed by atoms with Crippen LogP contribution >= 0.6 is 12.4 Å². The van der Waals surface area contributed by atoms with Crippen molar-refractivity contribution in [3.05, 3.63) is 48.4 Å². The van der Waals surface area contributed by atoms with Crippen molar-refractivity contribution in [1.29, 1.82) is 0 Å². The Morgan fingerprint density at radius 2 is 2.20 bits per heavy atom. The molecule has 1 fully saturated rings. The van der Waals surface area contributed by atoms with Gasteiger partial charge in [-0.3, -0.25) is 0 Å². The molecule has 1 aliphatic heterocycles. The van der Waals surface area contributed by atoms with Crippen molar-refractivity contribution in [2.24, 2.45) is 0 Å². The van der Waals surface area contributed by atoms with Gasteiger partial charge in [-0.15, -0.1) is 12.4 Å². The first-order valence-corrected chi connectivity index (χ1v) is 10.4. The van der Waals surface area contributed by atoms with E-state index in [0.29, 0.717) is 12.6 Å². The van der Waals surface area contributed by atoms with Crippen molar-refractivity contribution in [2.75, 3.05) is 38.3 Å². The van der Waals surface area contributed by atoms with Crippen molar-refractivity contribution >= 4 is 29.2 Å². The average molecular weight is 432 g/mol. The van der Waals surface area contributed by atoms with Gasteiger partial charge in [-0.25, -0.2) is 4.98 Å². The van der Waals surface area contributed by atoms with E-state index < -0.39 is 0 Å². The number of anilines is 1. The largest absolute Gasteiger partial charge is 0.497 e. The Balaban J connectivity index is 0.00000256. The van der Waals surface area contributed by atoms with Crippen molar-refractivity contribution in [2.45, 2.75) is 32.2 Å². The quantitative estimate of drug-likeness (QED) is 0.568. The third kappa shape index (κ3) is 4.82. The van der Waals surface area contributed by atoms with Gasteiger partial charge in [0.05, 0.1) is 20.0 Å². The molecule has 1 saturated heterocycles. The Kier molecular flexibility index (Phi) is 7.82. The van der Waals surface area contributed by atoms with Gasteiger partial charge in [0.1, 0.15) is 11.3 Å². The van der Waals surface area contributed by atoms with E-state index >= 15 is 0 Å². The minimum absolute atomic E-state index is 0. The third-order valence-electron chi connectivity index (χ3n) is 5.52. The molecule has 1 aliphatic rings. The Hall–Kier alpha value is -2.44. The zero-order chi connectivity index (χ0) is 20.1. The molecular formula is C23H30ClN3O3. The molecule has 3 heterocycles. The number of aryl methyl sites for hydroxylation is 1. The number of piperazine rings is 1. The van der Waals surface area contributed by atoms with Crippen LogP contribution in [0.3, 0.4) is 0 Å². The summed E-state index contributed by atoms with van der Waals surface area (Å²) in [5, 5.41) is 4.67. The first-order valence-electron chi connectivity index (χ1n) is 10.4. The van der Waals surface area contributed by atoms with Crippen molar-refractivity contribution < 1.29 is 13.9 Å². The van der Waals surface area contributed by atoms with Crippen LogP contribution < -0.4 is 19.7 Å². The van der Waals surface area contributed by atoms with Crippen molar-refractivity contribution in [3.8, 4) is 11.5 Å². The maximum absolute atomic E-state index is 5.82. The van der Waals surface area contributed by atoms with E-state index in [1.807, 2.05) is 43.6 Å². The van der Waals surface area contributed by atoms with E-state index in [1.54, 1.807) is 7.11 Å². The summed E-state index contributed by atoms with van der Waals surface area (Å²) < 4.78 is 16.9. The third-order valence-corrected chi connectivity index (χ3v) is 5.52. The molecule has 4 rings (SSSR count). The number of hydrogen-bond donors (Lipinski definition) is 1. The molecule has 0 bridgehead atoms. The van der Waals surface area contributed by atoms with E-state index in [4.69, 9.17) is 13.9 Å². The fourth-order valence-electron chi connectivity index (χ4n) is 4.07. The van der Waals surface area contributed by atoms with Gasteiger partial charge in [0, 0.05) is 37.3 Å². The molecule has 7 heteroatoms. The zero-order valence-corrected chi connectivity index (χ0v) is 18.4. The summed E-state index contributed by atoms with van der Waals surface area (Å²) in [5.74, 6) is 2.69. The number of benzene rings is 1. The predicted octanol–water partition coefficient (Wildman–Crippen LogP) is 4.46. The lowest BCUT2D eigenvalue weighted by atomic mass is 10.0. The highest BCUT2D eigenvalue weighted by Gasteiger charge is 2.25. The Morgan fingerprint density at radius 3 is 3.03 bits per heavy atom. The van der Waals surface area contributed by atoms with Gasteiger partial charge < -0.3 is 24.1 Å². The number of nitrogens with zero attached hydrogens (tertiary/aromatic N) is 2. The van der Waals surface area contributed by atoms with Gasteiger partial charge in [-0.2, -0.15) is 0 Å². The van der Waals surface area contributed by atoms with Crippen LogP contribution in [0.1, 0.15) is 25.3 Å². The summed E-state index contributed by atoms with van der Waals surface area (Å²) in [7, 11) is 1.69. The van der Waals surface area contributed by atoms with Gasteiger partial charge >= 0.3 is 0 Å². The fourth-order valence-corrected chi connectivity index (χ4v) is 4.07. The van der Waals surface area contributed by atoms with Crippen LogP contribution in [0.2, 0.25) is 0 Å². The first-order chi connectivity index (χ1) is 14.3. The van der Waals surface area contributed by atoms with E-state index in [9.17, 15) is 0 Å². The maximum atomic E-state index is 5.82. The molecule has 1 unspecified atom stereocenters. The molecule has 2 aromatic heterocycles. The standard InChI is InChI=1S/C23H29N3O3.ClH/c1-3-28-22-8-5-11-25-23(22)26-13-12-24-15-18(26)7-4-6-17-16-29-21-10-9-19(27-2)14-20(17)21;/h5,8-11,14,16,18,24H,3-4,6-7,12-13,15H2,1-2H3;1H. The van der Waals surface area contributed by atoms with Crippen LogP contribution in [-0.4, -0.2) is 44.4 Å². The summed E-state index contributed by atoms with van der Waals surface area (Å²) in [6.07, 6.45) is 6.86. The van der Waals surface area contributed by atoms with Crippen LogP contribution in [0.15, 0.2) is 47.2 Å². The second kappa shape index (κ2) is 10.5. The number of pyridine rings is 1. The Labute approximate surface area is 184 Å². The number of furan rings is 1. The molecule has 6 nitrogen and oxygen atoms in total. The molecule has 1 aromatic carbocycles. The number of hydrogen-bond acceptors (Lipinski definition) is 6. The Bertz CT molecular complexity index is 946. The Morgan fingerprint density at radius 1 is 1.30 bits per heavy atom. The molecule has 0 radical (unpaired) electrons. The summed E-state index contributed by atoms with van der Waals surface area (Å²) >= 11 is 0. The highest BCUT2D eigenvalue weighted by atomic mass is 35.5. The molecule has 1 atom stereocenters. The minimum Gasteiger partial charge on any atom is -0.497 e. The SMILES string of the molecule is CCOc1cccnc1N1CCNCC1CCCc1coc2ccc(OC)cc12.Cl. The van der Waals surface area contributed by atoms with E-state index in [2.05, 4.69) is 21.3 Å².